The molecule has 2 heterocycles. The first-order valence-corrected chi connectivity index (χ1v) is 17.6. The van der Waals surface area contributed by atoms with Gasteiger partial charge in [0, 0.05) is 47.4 Å². The zero-order chi connectivity index (χ0) is 30.4. The van der Waals surface area contributed by atoms with E-state index < -0.39 is 33.5 Å². The molecule has 0 saturated heterocycles. The molecule has 232 valence electrons. The van der Waals surface area contributed by atoms with Crippen molar-refractivity contribution in [3.63, 3.8) is 0 Å². The second-order valence-electron chi connectivity index (χ2n) is 12.9. The van der Waals surface area contributed by atoms with E-state index in [2.05, 4.69) is 27.6 Å². The Bertz CT molecular complexity index is 1510. The lowest BCUT2D eigenvalue weighted by Gasteiger charge is -2.46. The number of methoxy groups -OCH3 is 1. The maximum Gasteiger partial charge on any atom is 0.262 e. The highest BCUT2D eigenvalue weighted by Crippen LogP contribution is 2.47. The minimum atomic E-state index is -3.14. The van der Waals surface area contributed by atoms with Crippen molar-refractivity contribution in [2.45, 2.75) is 62.2 Å². The van der Waals surface area contributed by atoms with Crippen LogP contribution in [-0.2, 0) is 26.3 Å². The van der Waals surface area contributed by atoms with E-state index in [1.165, 1.54) is 11.1 Å². The van der Waals surface area contributed by atoms with Gasteiger partial charge in [0.15, 0.2) is 0 Å². The Kier molecular flexibility index (Phi) is 8.57. The molecule has 1 amide bonds. The van der Waals surface area contributed by atoms with Gasteiger partial charge < -0.3 is 14.4 Å². The molecule has 6 nitrogen and oxygen atoms in total. The quantitative estimate of drug-likeness (QED) is 0.319. The molecule has 1 N–H and O–H groups in total. The molecule has 2 aliphatic carbocycles. The number of ether oxygens (including phenoxy) is 2. The topological polar surface area (TPSA) is 67.9 Å². The molecule has 2 aromatic carbocycles. The van der Waals surface area contributed by atoms with E-state index in [4.69, 9.17) is 21.1 Å². The third kappa shape index (κ3) is 5.83. The molecule has 2 aromatic rings. The van der Waals surface area contributed by atoms with E-state index in [0.717, 1.165) is 61.7 Å². The summed E-state index contributed by atoms with van der Waals surface area (Å²) >= 11 is 6.41. The Hall–Kier alpha value is -2.55. The van der Waals surface area contributed by atoms with Crippen molar-refractivity contribution in [1.82, 2.24) is 4.72 Å². The number of hydrogen-bond acceptors (Lipinski definition) is 5. The van der Waals surface area contributed by atoms with Crippen molar-refractivity contribution in [1.29, 1.82) is 0 Å². The number of carbonyl (C=O) groups is 1. The number of benzene rings is 2. The van der Waals surface area contributed by atoms with E-state index in [1.807, 2.05) is 30.4 Å². The lowest BCUT2D eigenvalue weighted by atomic mass is 9.68. The summed E-state index contributed by atoms with van der Waals surface area (Å²) in [5, 5.41) is 0.0938. The van der Waals surface area contributed by atoms with Gasteiger partial charge >= 0.3 is 0 Å². The van der Waals surface area contributed by atoms with Gasteiger partial charge in [-0.2, -0.15) is 0 Å². The fourth-order valence-electron chi connectivity index (χ4n) is 7.58. The van der Waals surface area contributed by atoms with Gasteiger partial charge in [-0.25, -0.2) is 4.21 Å². The zero-order valence-electron chi connectivity index (χ0n) is 25.0. The Morgan fingerprint density at radius 3 is 2.84 bits per heavy atom. The fourth-order valence-corrected chi connectivity index (χ4v) is 9.19. The standard InChI is InChI=1S/C34H42ClFN2O4S/c1-22-25(18-36)6-4-8-31(41-2)28-12-9-26(28)19-38-20-34(15-5-7-23-16-27(35)11-13-29(23)34)21-42-32-14-10-24(17-30(32)38)33(39)37-43(22,3)40/h4,8,10-11,13-14,16-17,22,25-26,28,31H,3,5-7,9,12,15,18-21H2,1-2H3,(H,37,39,40)/b8-4+/t22-,25-,26+,28-,31+,34+,43?/m1/s1. The van der Waals surface area contributed by atoms with Gasteiger partial charge in [0.2, 0.25) is 0 Å². The Morgan fingerprint density at radius 1 is 1.26 bits per heavy atom. The summed E-state index contributed by atoms with van der Waals surface area (Å²) in [5.41, 5.74) is 3.58. The molecular formula is C34H42ClFN2O4S. The van der Waals surface area contributed by atoms with Crippen LogP contribution in [0.25, 0.3) is 0 Å². The summed E-state index contributed by atoms with van der Waals surface area (Å²) in [6.45, 7) is 3.12. The molecule has 0 aromatic heterocycles. The average molecular weight is 629 g/mol. The summed E-state index contributed by atoms with van der Waals surface area (Å²) in [4.78, 5) is 15.9. The van der Waals surface area contributed by atoms with Crippen LogP contribution in [0.15, 0.2) is 48.6 Å². The van der Waals surface area contributed by atoms with Crippen LogP contribution in [0.3, 0.4) is 0 Å². The molecule has 43 heavy (non-hydrogen) atoms. The lowest BCUT2D eigenvalue weighted by molar-refractivity contribution is 0.0131. The van der Waals surface area contributed by atoms with E-state index >= 15 is 0 Å². The number of rotatable bonds is 2. The van der Waals surface area contributed by atoms with Crippen molar-refractivity contribution in [2.75, 3.05) is 38.4 Å². The van der Waals surface area contributed by atoms with Crippen molar-refractivity contribution >= 4 is 38.8 Å². The average Bonchev–Trinajstić information content (AvgIpc) is 3.12. The predicted molar refractivity (Wildman–Crippen MR) is 173 cm³/mol. The molecule has 1 unspecified atom stereocenters. The maximum atomic E-state index is 14.1. The summed E-state index contributed by atoms with van der Waals surface area (Å²) in [5.74, 6) is 4.28. The van der Waals surface area contributed by atoms with Crippen LogP contribution >= 0.6 is 11.6 Å². The Morgan fingerprint density at radius 2 is 2.09 bits per heavy atom. The zero-order valence-corrected chi connectivity index (χ0v) is 26.6. The van der Waals surface area contributed by atoms with Crippen molar-refractivity contribution in [3.05, 3.63) is 70.3 Å². The number of amides is 1. The van der Waals surface area contributed by atoms with Gasteiger partial charge in [-0.1, -0.05) is 29.8 Å². The summed E-state index contributed by atoms with van der Waals surface area (Å²) < 4.78 is 43.0. The minimum absolute atomic E-state index is 0.0911. The normalized spacial score (nSPS) is 35.0. The predicted octanol–water partition coefficient (Wildman–Crippen LogP) is 6.15. The van der Waals surface area contributed by atoms with Crippen molar-refractivity contribution < 1.29 is 22.9 Å². The number of nitrogens with one attached hydrogen (secondary N) is 1. The third-order valence-corrected chi connectivity index (χ3v) is 12.8. The number of halogens is 2. The van der Waals surface area contributed by atoms with Crippen LogP contribution in [-0.4, -0.2) is 60.8 Å². The molecule has 2 aliphatic heterocycles. The number of allylic oxidation sites excluding steroid dienone is 1. The van der Waals surface area contributed by atoms with Gasteiger partial charge in [-0.15, -0.1) is 0 Å². The molecule has 9 heteroatoms. The number of carbonyl (C=O) groups excluding carboxylic acids is 1. The summed E-state index contributed by atoms with van der Waals surface area (Å²) in [6, 6.07) is 11.7. The second kappa shape index (κ2) is 12.1. The van der Waals surface area contributed by atoms with E-state index in [1.54, 1.807) is 20.1 Å². The Balaban J connectivity index is 1.43. The number of nitrogens with zero attached hydrogens (tertiary/aromatic N) is 1. The maximum absolute atomic E-state index is 14.1. The minimum Gasteiger partial charge on any atom is -0.490 e. The smallest absolute Gasteiger partial charge is 0.262 e. The lowest BCUT2D eigenvalue weighted by Crippen LogP contribution is -2.49. The first-order chi connectivity index (χ1) is 20.6. The molecular weight excluding hydrogens is 587 g/mol. The van der Waals surface area contributed by atoms with E-state index in [9.17, 15) is 13.4 Å². The third-order valence-electron chi connectivity index (χ3n) is 10.4. The van der Waals surface area contributed by atoms with Gasteiger partial charge in [0.1, 0.15) is 5.75 Å². The number of alkyl halides is 1. The van der Waals surface area contributed by atoms with Crippen LogP contribution in [0.2, 0.25) is 5.02 Å². The SMILES string of the molecule is C=S1(=O)NC(=O)c2ccc3c(c2)N(C[C@@H]2CC[C@H]2[C@@H](OC)/C=C/C[C@H](CF)[C@H]1C)C[C@@]1(CCCc2cc(Cl)ccc21)CO3. The fraction of sp³-hybridized carbons (Fsp3) is 0.529. The first kappa shape index (κ1) is 30.5. The molecule has 6 rings (SSSR count). The molecule has 4 aliphatic rings. The van der Waals surface area contributed by atoms with Crippen molar-refractivity contribution in [2.24, 2.45) is 17.8 Å². The van der Waals surface area contributed by atoms with E-state index in [0.29, 0.717) is 30.4 Å². The van der Waals surface area contributed by atoms with E-state index in [-0.39, 0.29) is 11.5 Å². The highest BCUT2D eigenvalue weighted by Gasteiger charge is 2.44. The van der Waals surface area contributed by atoms with Gasteiger partial charge in [0.05, 0.1) is 34.8 Å². The molecule has 1 saturated carbocycles. The number of anilines is 1. The molecule has 2 bridgehead atoms. The number of aryl methyl sites for hydroxylation is 1. The second-order valence-corrected chi connectivity index (χ2v) is 15.8. The monoisotopic (exact) mass is 628 g/mol. The van der Waals surface area contributed by atoms with Crippen LogP contribution in [0.4, 0.5) is 10.1 Å². The van der Waals surface area contributed by atoms with Gasteiger partial charge in [-0.05, 0) is 105 Å². The Labute approximate surface area is 260 Å². The number of hydrogen-bond donors (Lipinski definition) is 1. The first-order valence-electron chi connectivity index (χ1n) is 15.4. The summed E-state index contributed by atoms with van der Waals surface area (Å²) in [7, 11) is -1.40. The highest BCUT2D eigenvalue weighted by molar-refractivity contribution is 7.99. The molecule has 1 fully saturated rings. The van der Waals surface area contributed by atoms with Crippen LogP contribution < -0.4 is 14.4 Å². The van der Waals surface area contributed by atoms with Crippen LogP contribution in [0.5, 0.6) is 5.75 Å². The molecule has 0 radical (unpaired) electrons. The number of fused-ring (bicyclic) bond motifs is 4. The largest absolute Gasteiger partial charge is 0.490 e. The highest BCUT2D eigenvalue weighted by atomic mass is 35.5. The van der Waals surface area contributed by atoms with Crippen molar-refractivity contribution in [3.8, 4) is 5.75 Å². The molecule has 1 spiro atoms. The summed E-state index contributed by atoms with van der Waals surface area (Å²) in [6.07, 6.45) is 9.47. The molecule has 7 atom stereocenters. The van der Waals surface area contributed by atoms with Gasteiger partial charge in [-0.3, -0.25) is 13.9 Å². The van der Waals surface area contributed by atoms with Gasteiger partial charge in [0.25, 0.3) is 5.91 Å². The van der Waals surface area contributed by atoms with Crippen LogP contribution in [0, 0.1) is 17.8 Å². The van der Waals surface area contributed by atoms with Crippen LogP contribution in [0.1, 0.15) is 60.5 Å².